The maximum Gasteiger partial charge on any atom is 0.131 e. The van der Waals surface area contributed by atoms with E-state index in [1.807, 2.05) is 67.7 Å². The SMILES string of the molecule is C=CCc1ccc(-c2ccc(-c3ccc(C=CCCCC(C)O)nc3)cc2)c(F)c1. The Labute approximate surface area is 178 Å². The van der Waals surface area contributed by atoms with Crippen molar-refractivity contribution in [3.63, 3.8) is 0 Å². The largest absolute Gasteiger partial charge is 0.393 e. The first-order valence-electron chi connectivity index (χ1n) is 10.4. The number of aromatic nitrogens is 1. The van der Waals surface area contributed by atoms with E-state index in [1.54, 1.807) is 12.1 Å². The fraction of sp³-hybridized carbons (Fsp3) is 0.222. The summed E-state index contributed by atoms with van der Waals surface area (Å²) in [6.07, 6.45) is 10.9. The van der Waals surface area contributed by atoms with E-state index < -0.39 is 0 Å². The summed E-state index contributed by atoms with van der Waals surface area (Å²) in [6, 6.07) is 17.2. The van der Waals surface area contributed by atoms with Crippen molar-refractivity contribution in [1.82, 2.24) is 4.98 Å². The van der Waals surface area contributed by atoms with Crippen molar-refractivity contribution in [1.29, 1.82) is 0 Å². The molecule has 0 saturated heterocycles. The molecule has 0 aliphatic rings. The van der Waals surface area contributed by atoms with Gasteiger partial charge in [0, 0.05) is 17.3 Å². The van der Waals surface area contributed by atoms with Gasteiger partial charge in [-0.15, -0.1) is 6.58 Å². The molecule has 3 heteroatoms. The zero-order chi connectivity index (χ0) is 21.3. The van der Waals surface area contributed by atoms with Gasteiger partial charge in [0.25, 0.3) is 0 Å². The zero-order valence-electron chi connectivity index (χ0n) is 17.4. The summed E-state index contributed by atoms with van der Waals surface area (Å²) in [7, 11) is 0. The van der Waals surface area contributed by atoms with Crippen LogP contribution in [-0.2, 0) is 6.42 Å². The van der Waals surface area contributed by atoms with Gasteiger partial charge in [-0.1, -0.05) is 54.6 Å². The van der Waals surface area contributed by atoms with E-state index in [-0.39, 0.29) is 11.9 Å². The Bertz CT molecular complexity index is 988. The molecule has 0 amide bonds. The molecule has 1 aromatic heterocycles. The number of benzene rings is 2. The molecule has 0 aliphatic heterocycles. The summed E-state index contributed by atoms with van der Waals surface area (Å²) >= 11 is 0. The smallest absolute Gasteiger partial charge is 0.131 e. The van der Waals surface area contributed by atoms with Crippen molar-refractivity contribution in [2.75, 3.05) is 0 Å². The molecular formula is C27H28FNO. The third kappa shape index (κ3) is 5.98. The van der Waals surface area contributed by atoms with Gasteiger partial charge in [-0.2, -0.15) is 0 Å². The number of pyridine rings is 1. The van der Waals surface area contributed by atoms with Gasteiger partial charge in [0.05, 0.1) is 11.8 Å². The Morgan fingerprint density at radius 1 is 1.03 bits per heavy atom. The molecule has 154 valence electrons. The van der Waals surface area contributed by atoms with Crippen LogP contribution in [0.1, 0.15) is 37.4 Å². The second kappa shape index (κ2) is 10.7. The molecule has 1 unspecified atom stereocenters. The summed E-state index contributed by atoms with van der Waals surface area (Å²) in [5, 5.41) is 9.28. The van der Waals surface area contributed by atoms with Crippen LogP contribution in [-0.4, -0.2) is 16.2 Å². The van der Waals surface area contributed by atoms with Crippen molar-refractivity contribution in [2.24, 2.45) is 0 Å². The first kappa shape index (κ1) is 21.7. The number of rotatable bonds is 9. The molecule has 0 aliphatic carbocycles. The number of nitrogens with zero attached hydrogens (tertiary/aromatic N) is 1. The van der Waals surface area contributed by atoms with Crippen molar-refractivity contribution in [3.05, 3.63) is 96.6 Å². The summed E-state index contributed by atoms with van der Waals surface area (Å²) in [5.41, 5.74) is 5.35. The average Bonchev–Trinajstić information content (AvgIpc) is 2.74. The Morgan fingerprint density at radius 3 is 2.40 bits per heavy atom. The van der Waals surface area contributed by atoms with Gasteiger partial charge in [0.15, 0.2) is 0 Å². The standard InChI is InChI=1S/C27H28FNO/c1-3-7-21-10-17-26(27(28)18-21)23-13-11-22(12-14-23)24-15-16-25(29-19-24)9-6-4-5-8-20(2)30/h3,6,9-20,30H,1,4-5,7-8H2,2H3. The topological polar surface area (TPSA) is 33.1 Å². The minimum Gasteiger partial charge on any atom is -0.393 e. The molecule has 0 radical (unpaired) electrons. The maximum absolute atomic E-state index is 14.5. The normalized spacial score (nSPS) is 12.2. The fourth-order valence-corrected chi connectivity index (χ4v) is 3.34. The molecule has 1 heterocycles. The number of allylic oxidation sites excluding steroid dienone is 2. The van der Waals surface area contributed by atoms with Gasteiger partial charge >= 0.3 is 0 Å². The van der Waals surface area contributed by atoms with Crippen molar-refractivity contribution in [2.45, 2.75) is 38.7 Å². The highest BCUT2D eigenvalue weighted by atomic mass is 19.1. The number of unbranched alkanes of at least 4 members (excludes halogenated alkanes) is 1. The van der Waals surface area contributed by atoms with Crippen molar-refractivity contribution in [3.8, 4) is 22.3 Å². The van der Waals surface area contributed by atoms with E-state index in [4.69, 9.17) is 0 Å². The van der Waals surface area contributed by atoms with Crippen molar-refractivity contribution < 1.29 is 9.50 Å². The lowest BCUT2D eigenvalue weighted by atomic mass is 9.99. The molecule has 0 saturated carbocycles. The highest BCUT2D eigenvalue weighted by molar-refractivity contribution is 5.71. The van der Waals surface area contributed by atoms with Crippen LogP contribution in [0.4, 0.5) is 4.39 Å². The predicted molar refractivity (Wildman–Crippen MR) is 124 cm³/mol. The number of hydrogen-bond donors (Lipinski definition) is 1. The van der Waals surface area contributed by atoms with E-state index in [9.17, 15) is 9.50 Å². The third-order valence-corrected chi connectivity index (χ3v) is 5.01. The van der Waals surface area contributed by atoms with E-state index in [2.05, 4.69) is 17.6 Å². The van der Waals surface area contributed by atoms with E-state index >= 15 is 0 Å². The van der Waals surface area contributed by atoms with Gasteiger partial charge in [-0.05, 0) is 67.5 Å². The lowest BCUT2D eigenvalue weighted by molar-refractivity contribution is 0.182. The maximum atomic E-state index is 14.5. The molecule has 1 N–H and O–H groups in total. The second-order valence-electron chi connectivity index (χ2n) is 7.54. The average molecular weight is 402 g/mol. The van der Waals surface area contributed by atoms with E-state index in [0.29, 0.717) is 12.0 Å². The van der Waals surface area contributed by atoms with Crippen LogP contribution in [0.25, 0.3) is 28.3 Å². The highest BCUT2D eigenvalue weighted by Crippen LogP contribution is 2.27. The minimum atomic E-state index is -0.240. The lowest BCUT2D eigenvalue weighted by Gasteiger charge is -2.07. The predicted octanol–water partition coefficient (Wildman–Crippen LogP) is 6.85. The third-order valence-electron chi connectivity index (χ3n) is 5.01. The van der Waals surface area contributed by atoms with Gasteiger partial charge < -0.3 is 5.11 Å². The molecule has 3 rings (SSSR count). The first-order chi connectivity index (χ1) is 14.6. The van der Waals surface area contributed by atoms with E-state index in [0.717, 1.165) is 47.2 Å². The van der Waals surface area contributed by atoms with Gasteiger partial charge in [0.1, 0.15) is 5.82 Å². The minimum absolute atomic E-state index is 0.214. The molecule has 2 aromatic carbocycles. The molecule has 2 nitrogen and oxygen atoms in total. The molecule has 0 bridgehead atoms. The van der Waals surface area contributed by atoms with Crippen LogP contribution in [0.5, 0.6) is 0 Å². The summed E-state index contributed by atoms with van der Waals surface area (Å²) < 4.78 is 14.5. The van der Waals surface area contributed by atoms with Crippen LogP contribution < -0.4 is 0 Å². The van der Waals surface area contributed by atoms with Gasteiger partial charge in [0.2, 0.25) is 0 Å². The van der Waals surface area contributed by atoms with Crippen molar-refractivity contribution >= 4 is 6.08 Å². The molecule has 1 atom stereocenters. The second-order valence-corrected chi connectivity index (χ2v) is 7.54. The van der Waals surface area contributed by atoms with Crippen LogP contribution in [0.3, 0.4) is 0 Å². The Kier molecular flexibility index (Phi) is 7.69. The number of aliphatic hydroxyl groups is 1. The Morgan fingerprint density at radius 2 is 1.77 bits per heavy atom. The Hall–Kier alpha value is -3.04. The molecule has 30 heavy (non-hydrogen) atoms. The highest BCUT2D eigenvalue weighted by Gasteiger charge is 2.07. The molecule has 0 spiro atoms. The number of aliphatic hydroxyl groups excluding tert-OH is 1. The van der Waals surface area contributed by atoms with E-state index in [1.165, 1.54) is 0 Å². The van der Waals surface area contributed by atoms with Gasteiger partial charge in [-0.3, -0.25) is 4.98 Å². The molecular weight excluding hydrogens is 373 g/mol. The number of halogens is 1. The van der Waals surface area contributed by atoms with Crippen LogP contribution in [0, 0.1) is 5.82 Å². The van der Waals surface area contributed by atoms with Crippen LogP contribution in [0.15, 0.2) is 79.5 Å². The van der Waals surface area contributed by atoms with Gasteiger partial charge in [-0.25, -0.2) is 4.39 Å². The number of hydrogen-bond acceptors (Lipinski definition) is 2. The fourth-order valence-electron chi connectivity index (χ4n) is 3.34. The quantitative estimate of drug-likeness (QED) is 0.314. The monoisotopic (exact) mass is 401 g/mol. The first-order valence-corrected chi connectivity index (χ1v) is 10.4. The summed E-state index contributed by atoms with van der Waals surface area (Å²) in [4.78, 5) is 4.51. The summed E-state index contributed by atoms with van der Waals surface area (Å²) in [6.45, 7) is 5.51. The summed E-state index contributed by atoms with van der Waals surface area (Å²) in [5.74, 6) is -0.214. The Balaban J connectivity index is 1.66. The molecule has 0 fully saturated rings. The van der Waals surface area contributed by atoms with Crippen LogP contribution in [0.2, 0.25) is 0 Å². The zero-order valence-corrected chi connectivity index (χ0v) is 17.4. The van der Waals surface area contributed by atoms with Crippen LogP contribution >= 0.6 is 0 Å². The molecule has 3 aromatic rings. The lowest BCUT2D eigenvalue weighted by Crippen LogP contribution is -1.97.